The molecular weight excluding hydrogens is 525 g/mol. The van der Waals surface area contributed by atoms with Gasteiger partial charge in [0.1, 0.15) is 8.24 Å². The minimum Gasteiger partial charge on any atom is -0.301 e. The number of nitrogens with zero attached hydrogens (tertiary/aromatic N) is 1. The van der Waals surface area contributed by atoms with Crippen LogP contribution in [0.3, 0.4) is 0 Å². The Morgan fingerprint density at radius 1 is 0.690 bits per heavy atom. The Kier molecular flexibility index (Phi) is 6.22. The van der Waals surface area contributed by atoms with E-state index in [1.165, 1.54) is 32.7 Å². The predicted octanol–water partition coefficient (Wildman–Crippen LogP) is 8.88. The second-order valence-corrected chi connectivity index (χ2v) is 18.5. The van der Waals surface area contributed by atoms with Gasteiger partial charge in [-0.1, -0.05) is 142 Å². The highest BCUT2D eigenvalue weighted by Gasteiger charge is 2.59. The summed E-state index contributed by atoms with van der Waals surface area (Å²) < 4.78 is 3.03. The Labute approximate surface area is 252 Å². The molecule has 0 bridgehead atoms. The third-order valence-corrected chi connectivity index (χ3v) is 15.4. The van der Waals surface area contributed by atoms with Crippen molar-refractivity contribution in [3.8, 4) is 0 Å². The van der Waals surface area contributed by atoms with Gasteiger partial charge in [-0.25, -0.2) is 0 Å². The lowest BCUT2D eigenvalue weighted by atomic mass is 9.83. The summed E-state index contributed by atoms with van der Waals surface area (Å²) in [4.78, 5) is 0. The summed E-state index contributed by atoms with van der Waals surface area (Å²) in [5.41, 5.74) is 3.51. The minimum absolute atomic E-state index is 0.264. The second kappa shape index (κ2) is 9.91. The van der Waals surface area contributed by atoms with E-state index >= 15 is 0 Å². The molecule has 2 fully saturated rings. The van der Waals surface area contributed by atoms with E-state index < -0.39 is 8.24 Å². The fourth-order valence-corrected chi connectivity index (χ4v) is 14.5. The summed E-state index contributed by atoms with van der Waals surface area (Å²) in [5, 5.41) is 9.62. The fourth-order valence-electron chi connectivity index (χ4n) is 9.52. The lowest BCUT2D eigenvalue weighted by Crippen LogP contribution is -2.61. The zero-order valence-electron chi connectivity index (χ0n) is 25.2. The quantitative estimate of drug-likeness (QED) is 0.251. The van der Waals surface area contributed by atoms with Gasteiger partial charge in [0.2, 0.25) is 0 Å². The smallest absolute Gasteiger partial charge is 0.129 e. The first-order chi connectivity index (χ1) is 20.4. The second-order valence-electron chi connectivity index (χ2n) is 14.0. The molecule has 0 radical (unpaired) electrons. The largest absolute Gasteiger partial charge is 0.301 e. The minimum atomic E-state index is -2.00. The van der Waals surface area contributed by atoms with E-state index in [0.717, 1.165) is 0 Å². The molecule has 1 saturated carbocycles. The normalized spacial score (nSPS) is 33.4. The van der Waals surface area contributed by atoms with E-state index in [9.17, 15) is 0 Å². The van der Waals surface area contributed by atoms with E-state index in [0.29, 0.717) is 47.3 Å². The number of fused-ring (bicyclic) bond motifs is 6. The number of hydrogen-bond donors (Lipinski definition) is 1. The molecule has 5 aliphatic rings. The summed E-state index contributed by atoms with van der Waals surface area (Å²) in [7, 11) is -2.00. The standard InChI is InChI=1S/C39H42N2Si/c1-25(2)39-40-37-34(36-28-16-7-5-14-26(28)24-27-15-6-8-17-29(27)36)22-13-23-35(37)41(39)42(3,4)38-32-20-11-9-18-30(32)31-19-10-12-21-33(31)38/h5-25,30-33,35,37-40H,1-4H3/t30?,31?,32?,33?,35-,37?,38?,39+/m1/s1. The zero-order chi connectivity index (χ0) is 28.6. The van der Waals surface area contributed by atoms with E-state index in [2.05, 4.69) is 158 Å². The first kappa shape index (κ1) is 26.4. The SMILES string of the molecule is CC(C)[C@H]1NC2C(c3c4ccccc4cc4ccccc34)=CC=C[C@H]2N1[Si](C)(C)C1C2C=CC=CC2C2C=CC=CC21. The van der Waals surface area contributed by atoms with Gasteiger partial charge in [0.15, 0.2) is 0 Å². The third kappa shape index (κ3) is 3.83. The van der Waals surface area contributed by atoms with E-state index in [1.807, 2.05) is 0 Å². The van der Waals surface area contributed by atoms with Gasteiger partial charge in [0.25, 0.3) is 0 Å². The number of allylic oxidation sites excluding steroid dienone is 10. The van der Waals surface area contributed by atoms with Crippen LogP contribution in [0.15, 0.2) is 121 Å². The van der Waals surface area contributed by atoms with Gasteiger partial charge in [-0.05, 0) is 73.9 Å². The molecule has 3 aromatic carbocycles. The Hall–Kier alpha value is -3.24. The molecule has 2 nitrogen and oxygen atoms in total. The lowest BCUT2D eigenvalue weighted by molar-refractivity contribution is 0.258. The molecule has 1 saturated heterocycles. The van der Waals surface area contributed by atoms with Crippen molar-refractivity contribution in [2.45, 2.75) is 50.7 Å². The molecule has 8 rings (SSSR count). The van der Waals surface area contributed by atoms with Crippen molar-refractivity contribution >= 4 is 35.4 Å². The summed E-state index contributed by atoms with van der Waals surface area (Å²) in [5.74, 6) is 2.95. The van der Waals surface area contributed by atoms with Crippen LogP contribution >= 0.6 is 0 Å². The molecule has 3 aromatic rings. The molecule has 1 N–H and O–H groups in total. The van der Waals surface area contributed by atoms with Crippen molar-refractivity contribution in [2.24, 2.45) is 29.6 Å². The van der Waals surface area contributed by atoms with Gasteiger partial charge >= 0.3 is 0 Å². The van der Waals surface area contributed by atoms with E-state index in [4.69, 9.17) is 0 Å². The van der Waals surface area contributed by atoms with Crippen LogP contribution in [-0.2, 0) is 0 Å². The maximum Gasteiger partial charge on any atom is 0.129 e. The maximum absolute atomic E-state index is 4.27. The summed E-state index contributed by atoms with van der Waals surface area (Å²) in [6.07, 6.45) is 27.0. The Balaban J connectivity index is 1.25. The molecule has 42 heavy (non-hydrogen) atoms. The van der Waals surface area contributed by atoms with Crippen LogP contribution in [0.2, 0.25) is 18.6 Å². The van der Waals surface area contributed by atoms with Crippen molar-refractivity contribution in [3.63, 3.8) is 0 Å². The van der Waals surface area contributed by atoms with Crippen molar-refractivity contribution < 1.29 is 0 Å². The first-order valence-electron chi connectivity index (χ1n) is 16.0. The van der Waals surface area contributed by atoms with E-state index in [-0.39, 0.29) is 6.04 Å². The van der Waals surface area contributed by atoms with Gasteiger partial charge in [-0.3, -0.25) is 5.32 Å². The molecule has 7 atom stereocenters. The molecule has 0 spiro atoms. The molecule has 1 aliphatic heterocycles. The maximum atomic E-state index is 4.27. The van der Waals surface area contributed by atoms with Crippen molar-refractivity contribution in [1.82, 2.24) is 9.88 Å². The van der Waals surface area contributed by atoms with Crippen LogP contribution in [-0.4, -0.2) is 31.1 Å². The van der Waals surface area contributed by atoms with Gasteiger partial charge in [0.05, 0.1) is 12.2 Å². The summed E-state index contributed by atoms with van der Waals surface area (Å²) in [6, 6.07) is 20.9. The van der Waals surface area contributed by atoms with Crippen molar-refractivity contribution in [1.29, 1.82) is 0 Å². The number of nitrogens with one attached hydrogen (secondary N) is 1. The molecule has 1 heterocycles. The third-order valence-electron chi connectivity index (χ3n) is 11.1. The van der Waals surface area contributed by atoms with Crippen molar-refractivity contribution in [3.05, 3.63) is 127 Å². The molecule has 0 amide bonds. The zero-order valence-corrected chi connectivity index (χ0v) is 26.2. The lowest BCUT2D eigenvalue weighted by Gasteiger charge is -2.49. The van der Waals surface area contributed by atoms with Gasteiger partial charge in [0, 0.05) is 6.04 Å². The predicted molar refractivity (Wildman–Crippen MR) is 181 cm³/mol. The van der Waals surface area contributed by atoms with Crippen LogP contribution in [0.1, 0.15) is 19.4 Å². The molecular formula is C39H42N2Si. The van der Waals surface area contributed by atoms with Crippen LogP contribution < -0.4 is 5.32 Å². The molecule has 4 aliphatic carbocycles. The van der Waals surface area contributed by atoms with Gasteiger partial charge < -0.3 is 4.57 Å². The first-order valence-corrected chi connectivity index (χ1v) is 19.0. The molecule has 0 aromatic heterocycles. The summed E-state index contributed by atoms with van der Waals surface area (Å²) >= 11 is 0. The average Bonchev–Trinajstić information content (AvgIpc) is 3.58. The average molecular weight is 567 g/mol. The van der Waals surface area contributed by atoms with Crippen LogP contribution in [0.25, 0.3) is 27.1 Å². The molecule has 212 valence electrons. The van der Waals surface area contributed by atoms with Crippen LogP contribution in [0.5, 0.6) is 0 Å². The van der Waals surface area contributed by atoms with Gasteiger partial charge in [-0.2, -0.15) is 0 Å². The number of benzene rings is 3. The Bertz CT molecular complexity index is 1650. The summed E-state index contributed by atoms with van der Waals surface area (Å²) in [6.45, 7) is 10.2. The van der Waals surface area contributed by atoms with E-state index in [1.54, 1.807) is 0 Å². The number of rotatable bonds is 4. The number of hydrogen-bond acceptors (Lipinski definition) is 2. The van der Waals surface area contributed by atoms with Crippen LogP contribution in [0, 0.1) is 29.6 Å². The highest BCUT2D eigenvalue weighted by molar-refractivity contribution is 6.76. The topological polar surface area (TPSA) is 15.3 Å². The van der Waals surface area contributed by atoms with Crippen LogP contribution in [0.4, 0.5) is 0 Å². The molecule has 5 unspecified atom stereocenters. The highest BCUT2D eigenvalue weighted by atomic mass is 28.3. The fraction of sp³-hybridized carbons (Fsp3) is 0.333. The molecule has 3 heteroatoms. The highest BCUT2D eigenvalue weighted by Crippen LogP contribution is 2.59. The Morgan fingerprint density at radius 2 is 1.24 bits per heavy atom. The van der Waals surface area contributed by atoms with Gasteiger partial charge in [-0.15, -0.1) is 0 Å². The monoisotopic (exact) mass is 566 g/mol. The Morgan fingerprint density at radius 3 is 1.81 bits per heavy atom. The van der Waals surface area contributed by atoms with Crippen molar-refractivity contribution in [2.75, 3.05) is 0 Å².